The lowest BCUT2D eigenvalue weighted by molar-refractivity contribution is 0.571. The van der Waals surface area contributed by atoms with E-state index in [0.717, 1.165) is 35.1 Å². The Morgan fingerprint density at radius 1 is 1.33 bits per heavy atom. The van der Waals surface area contributed by atoms with Crippen LogP contribution < -0.4 is 5.32 Å². The summed E-state index contributed by atoms with van der Waals surface area (Å²) in [6.45, 7) is 5.11. The fourth-order valence-corrected chi connectivity index (χ4v) is 3.58. The first-order valence-electron chi connectivity index (χ1n) is 7.21. The number of hydrogen-bond donors (Lipinski definition) is 1. The van der Waals surface area contributed by atoms with Crippen LogP contribution in [0, 0.1) is 6.92 Å². The largest absolute Gasteiger partial charge is 0.313 e. The topological polar surface area (TPSA) is 29.9 Å². The van der Waals surface area contributed by atoms with Crippen molar-refractivity contribution in [1.82, 2.24) is 15.1 Å². The van der Waals surface area contributed by atoms with E-state index in [1.54, 1.807) is 4.68 Å². The number of benzene rings is 1. The van der Waals surface area contributed by atoms with Crippen LogP contribution in [0.2, 0.25) is 5.15 Å². The fraction of sp³-hybridized carbons (Fsp3) is 0.438. The molecule has 0 saturated heterocycles. The van der Waals surface area contributed by atoms with Crippen LogP contribution in [0.15, 0.2) is 35.2 Å². The number of likely N-dealkylation sites (N-methyl/N-ethyl adjacent to an activating group) is 1. The van der Waals surface area contributed by atoms with Gasteiger partial charge in [0.05, 0.1) is 5.69 Å². The first kappa shape index (κ1) is 16.4. The lowest BCUT2D eigenvalue weighted by Gasteiger charge is -2.17. The van der Waals surface area contributed by atoms with Crippen molar-refractivity contribution in [3.05, 3.63) is 46.7 Å². The van der Waals surface area contributed by atoms with Crippen molar-refractivity contribution < 1.29 is 0 Å². The molecule has 1 aromatic carbocycles. The Morgan fingerprint density at radius 2 is 2.05 bits per heavy atom. The molecule has 0 radical (unpaired) electrons. The van der Waals surface area contributed by atoms with Crippen LogP contribution in [-0.2, 0) is 13.5 Å². The second kappa shape index (κ2) is 7.87. The summed E-state index contributed by atoms with van der Waals surface area (Å²) in [5, 5.41) is 8.69. The molecule has 0 aliphatic carbocycles. The van der Waals surface area contributed by atoms with E-state index in [4.69, 9.17) is 11.6 Å². The molecule has 1 unspecified atom stereocenters. The number of thioether (sulfide) groups is 1. The highest BCUT2D eigenvalue weighted by atomic mass is 35.5. The fourth-order valence-electron chi connectivity index (χ4n) is 2.34. The van der Waals surface area contributed by atoms with Gasteiger partial charge in [-0.3, -0.25) is 4.68 Å². The molecule has 5 heteroatoms. The highest BCUT2D eigenvalue weighted by Crippen LogP contribution is 2.23. The summed E-state index contributed by atoms with van der Waals surface area (Å²) in [4.78, 5) is 1.30. The molecule has 1 aromatic heterocycles. The summed E-state index contributed by atoms with van der Waals surface area (Å²) in [5.74, 6) is 1.02. The van der Waals surface area contributed by atoms with Crippen molar-refractivity contribution in [2.24, 2.45) is 7.05 Å². The van der Waals surface area contributed by atoms with E-state index in [2.05, 4.69) is 41.6 Å². The van der Waals surface area contributed by atoms with Crippen LogP contribution >= 0.6 is 23.4 Å². The number of nitrogens with one attached hydrogen (secondary N) is 1. The summed E-state index contributed by atoms with van der Waals surface area (Å²) in [6.07, 6.45) is 0.909. The van der Waals surface area contributed by atoms with E-state index in [9.17, 15) is 0 Å². The summed E-state index contributed by atoms with van der Waals surface area (Å²) < 4.78 is 1.75. The molecule has 0 bridgehead atoms. The maximum atomic E-state index is 6.34. The number of halogens is 1. The van der Waals surface area contributed by atoms with Gasteiger partial charge in [0.2, 0.25) is 0 Å². The van der Waals surface area contributed by atoms with Crippen LogP contribution in [0.25, 0.3) is 0 Å². The number of nitrogens with zero attached hydrogens (tertiary/aromatic N) is 2. The molecule has 0 aliphatic rings. The van der Waals surface area contributed by atoms with Gasteiger partial charge in [0.15, 0.2) is 0 Å². The van der Waals surface area contributed by atoms with Gasteiger partial charge in [0, 0.05) is 29.3 Å². The lowest BCUT2D eigenvalue weighted by atomic mass is 10.1. The van der Waals surface area contributed by atoms with Crippen LogP contribution in [0.4, 0.5) is 0 Å². The minimum absolute atomic E-state index is 0.389. The zero-order valence-electron chi connectivity index (χ0n) is 12.8. The molecule has 0 fully saturated rings. The Labute approximate surface area is 136 Å². The van der Waals surface area contributed by atoms with Gasteiger partial charge >= 0.3 is 0 Å². The third kappa shape index (κ3) is 4.50. The van der Waals surface area contributed by atoms with Crippen LogP contribution in [-0.4, -0.2) is 28.1 Å². The second-order valence-corrected chi connectivity index (χ2v) is 6.51. The average Bonchev–Trinajstić information content (AvgIpc) is 2.72. The Kier molecular flexibility index (Phi) is 6.15. The molecular formula is C16H22ClN3S. The van der Waals surface area contributed by atoms with E-state index in [1.165, 1.54) is 4.90 Å². The molecule has 21 heavy (non-hydrogen) atoms. The van der Waals surface area contributed by atoms with Crippen molar-refractivity contribution >= 4 is 23.4 Å². The average molecular weight is 324 g/mol. The third-order valence-electron chi connectivity index (χ3n) is 3.41. The highest BCUT2D eigenvalue weighted by Gasteiger charge is 2.17. The quantitative estimate of drug-likeness (QED) is 0.788. The van der Waals surface area contributed by atoms with Crippen molar-refractivity contribution in [3.8, 4) is 0 Å². The number of aryl methyl sites for hydroxylation is 2. The summed E-state index contributed by atoms with van der Waals surface area (Å²) in [6, 6.07) is 10.9. The first-order chi connectivity index (χ1) is 10.1. The molecule has 1 N–H and O–H groups in total. The Balaban J connectivity index is 2.02. The lowest BCUT2D eigenvalue weighted by Crippen LogP contribution is -2.33. The minimum Gasteiger partial charge on any atom is -0.313 e. The van der Waals surface area contributed by atoms with Crippen molar-refractivity contribution in [2.75, 3.05) is 12.3 Å². The van der Waals surface area contributed by atoms with Crippen molar-refractivity contribution in [3.63, 3.8) is 0 Å². The minimum atomic E-state index is 0.389. The molecule has 3 nitrogen and oxygen atoms in total. The number of aromatic nitrogens is 2. The van der Waals surface area contributed by atoms with E-state index >= 15 is 0 Å². The highest BCUT2D eigenvalue weighted by molar-refractivity contribution is 7.99. The maximum Gasteiger partial charge on any atom is 0.130 e. The molecule has 0 amide bonds. The summed E-state index contributed by atoms with van der Waals surface area (Å²) in [5.41, 5.74) is 2.17. The molecule has 0 spiro atoms. The molecule has 0 aliphatic heterocycles. The normalized spacial score (nSPS) is 12.6. The van der Waals surface area contributed by atoms with Gasteiger partial charge in [-0.15, -0.1) is 11.8 Å². The van der Waals surface area contributed by atoms with Crippen molar-refractivity contribution in [2.45, 2.75) is 31.2 Å². The molecule has 1 heterocycles. The molecule has 0 saturated carbocycles. The molecular weight excluding hydrogens is 302 g/mol. The van der Waals surface area contributed by atoms with E-state index in [1.807, 2.05) is 31.8 Å². The van der Waals surface area contributed by atoms with E-state index in [0.29, 0.717) is 6.04 Å². The van der Waals surface area contributed by atoms with E-state index < -0.39 is 0 Å². The molecule has 114 valence electrons. The van der Waals surface area contributed by atoms with Crippen LogP contribution in [0.3, 0.4) is 0 Å². The second-order valence-electron chi connectivity index (χ2n) is 5.06. The van der Waals surface area contributed by atoms with Gasteiger partial charge in [0.25, 0.3) is 0 Å². The zero-order chi connectivity index (χ0) is 15.2. The van der Waals surface area contributed by atoms with Crippen LogP contribution in [0.5, 0.6) is 0 Å². The van der Waals surface area contributed by atoms with Gasteiger partial charge in [-0.2, -0.15) is 5.10 Å². The van der Waals surface area contributed by atoms with E-state index in [-0.39, 0.29) is 0 Å². The van der Waals surface area contributed by atoms with Gasteiger partial charge in [-0.25, -0.2) is 0 Å². The Morgan fingerprint density at radius 3 is 2.62 bits per heavy atom. The summed E-state index contributed by atoms with van der Waals surface area (Å²) in [7, 11) is 1.89. The maximum absolute atomic E-state index is 6.34. The number of rotatable bonds is 7. The summed E-state index contributed by atoms with van der Waals surface area (Å²) >= 11 is 8.21. The smallest absolute Gasteiger partial charge is 0.130 e. The third-order valence-corrected chi connectivity index (χ3v) is 5.05. The predicted octanol–water partition coefficient (Wildman–Crippen LogP) is 3.69. The van der Waals surface area contributed by atoms with Gasteiger partial charge < -0.3 is 5.32 Å². The Bertz CT molecular complexity index is 568. The zero-order valence-corrected chi connectivity index (χ0v) is 14.3. The monoisotopic (exact) mass is 323 g/mol. The number of hydrogen-bond acceptors (Lipinski definition) is 3. The van der Waals surface area contributed by atoms with Gasteiger partial charge in [-0.1, -0.05) is 36.7 Å². The molecule has 2 aromatic rings. The van der Waals surface area contributed by atoms with Gasteiger partial charge in [0.1, 0.15) is 5.15 Å². The first-order valence-corrected chi connectivity index (χ1v) is 8.57. The molecule has 1 atom stereocenters. The predicted molar refractivity (Wildman–Crippen MR) is 91.3 cm³/mol. The standard InChI is InChI=1S/C16H22ClN3S/c1-4-18-13(11-21-14-8-6-5-7-9-14)10-15-12(2)19-20(3)16(15)17/h5-9,13,18H,4,10-11H2,1-3H3. The SMILES string of the molecule is CCNC(CSc1ccccc1)Cc1c(C)nn(C)c1Cl. The van der Waals surface area contributed by atoms with Gasteiger partial charge in [-0.05, 0) is 32.0 Å². The van der Waals surface area contributed by atoms with Crippen LogP contribution in [0.1, 0.15) is 18.2 Å². The Hall–Kier alpha value is -0.970. The molecule has 2 rings (SSSR count). The van der Waals surface area contributed by atoms with Crippen molar-refractivity contribution in [1.29, 1.82) is 0 Å².